The molecule has 10 heteroatoms. The summed E-state index contributed by atoms with van der Waals surface area (Å²) in [6.07, 6.45) is -3.65. The Kier molecular flexibility index (Phi) is 5.74. The minimum atomic E-state index is -4.40. The molecule has 2 saturated carbocycles. The molecule has 182 valence electrons. The number of aromatic nitrogens is 2. The Morgan fingerprint density at radius 1 is 1.21 bits per heavy atom. The fourth-order valence-corrected chi connectivity index (χ4v) is 5.08. The number of imidazole rings is 1. The zero-order chi connectivity index (χ0) is 24.3. The molecule has 1 unspecified atom stereocenters. The number of nitrogens with zero attached hydrogens (tertiary/aromatic N) is 1. The van der Waals surface area contributed by atoms with Gasteiger partial charge in [0.25, 0.3) is 0 Å². The van der Waals surface area contributed by atoms with E-state index < -0.39 is 41.3 Å². The first kappa shape index (κ1) is 23.9. The summed E-state index contributed by atoms with van der Waals surface area (Å²) in [5, 5.41) is 0. The highest BCUT2D eigenvalue weighted by Crippen LogP contribution is 2.55. The first-order chi connectivity index (χ1) is 15.2. The van der Waals surface area contributed by atoms with Crippen LogP contribution in [0.25, 0.3) is 11.0 Å². The lowest BCUT2D eigenvalue weighted by atomic mass is 9.65. The third kappa shape index (κ3) is 4.72. The molecule has 1 amide bonds. The molecule has 4 rings (SSSR count). The molecule has 0 bridgehead atoms. The van der Waals surface area contributed by atoms with Gasteiger partial charge in [0.2, 0.25) is 11.8 Å². The molecule has 0 spiro atoms. The Morgan fingerprint density at radius 3 is 2.36 bits per heavy atom. The zero-order valence-electron chi connectivity index (χ0n) is 18.6. The van der Waals surface area contributed by atoms with Gasteiger partial charge in [-0.15, -0.1) is 0 Å². The van der Waals surface area contributed by atoms with Crippen LogP contribution in [0.5, 0.6) is 0 Å². The predicted molar refractivity (Wildman–Crippen MR) is 113 cm³/mol. The second kappa shape index (κ2) is 7.92. The van der Waals surface area contributed by atoms with Gasteiger partial charge < -0.3 is 16.5 Å². The largest absolute Gasteiger partial charge is 0.394 e. The average molecular weight is 473 g/mol. The van der Waals surface area contributed by atoms with E-state index in [4.69, 9.17) is 11.5 Å². The Balaban J connectivity index is 1.61. The number of carbonyl (C=O) groups is 1. The highest BCUT2D eigenvalue weighted by Gasteiger charge is 2.54. The number of aromatic amines is 1. The van der Waals surface area contributed by atoms with Crippen molar-refractivity contribution in [1.82, 2.24) is 9.97 Å². The molecular formula is C23H29F5N4O. The first-order valence-corrected chi connectivity index (χ1v) is 11.2. The maximum atomic E-state index is 13.5. The molecule has 1 aromatic heterocycles. The van der Waals surface area contributed by atoms with Crippen LogP contribution in [-0.4, -0.2) is 28.0 Å². The summed E-state index contributed by atoms with van der Waals surface area (Å²) in [6.45, 7) is 2.20. The second-order valence-corrected chi connectivity index (χ2v) is 10.4. The molecule has 33 heavy (non-hydrogen) atoms. The lowest BCUT2D eigenvalue weighted by Crippen LogP contribution is -2.46. The van der Waals surface area contributed by atoms with E-state index in [0.717, 1.165) is 32.3 Å². The zero-order valence-corrected chi connectivity index (χ0v) is 18.6. The van der Waals surface area contributed by atoms with Crippen LogP contribution >= 0.6 is 0 Å². The van der Waals surface area contributed by atoms with Crippen LogP contribution in [0.3, 0.4) is 0 Å². The lowest BCUT2D eigenvalue weighted by Gasteiger charge is -2.42. The van der Waals surface area contributed by atoms with Crippen molar-refractivity contribution in [2.45, 2.75) is 70.0 Å². The van der Waals surface area contributed by atoms with Crippen LogP contribution in [0.15, 0.2) is 18.2 Å². The maximum absolute atomic E-state index is 13.5. The van der Waals surface area contributed by atoms with Crippen LogP contribution in [0.4, 0.5) is 22.0 Å². The van der Waals surface area contributed by atoms with Crippen molar-refractivity contribution in [2.75, 3.05) is 0 Å². The molecule has 3 atom stereocenters. The molecule has 5 nitrogen and oxygen atoms in total. The number of nitrogens with one attached hydrogen (secondary N) is 1. The molecule has 2 fully saturated rings. The molecule has 5 N–H and O–H groups in total. The minimum Gasteiger partial charge on any atom is -0.369 e. The number of amides is 1. The third-order valence-corrected chi connectivity index (χ3v) is 7.23. The van der Waals surface area contributed by atoms with Gasteiger partial charge in [0.15, 0.2) is 0 Å². The van der Waals surface area contributed by atoms with E-state index in [9.17, 15) is 26.7 Å². The van der Waals surface area contributed by atoms with Crippen molar-refractivity contribution in [2.24, 2.45) is 34.6 Å². The summed E-state index contributed by atoms with van der Waals surface area (Å²) in [4.78, 5) is 19.7. The number of alkyl halides is 5. The van der Waals surface area contributed by atoms with E-state index in [1.54, 1.807) is 18.2 Å². The lowest BCUT2D eigenvalue weighted by molar-refractivity contribution is -0.215. The van der Waals surface area contributed by atoms with Gasteiger partial charge in [-0.2, -0.15) is 13.2 Å². The highest BCUT2D eigenvalue weighted by molar-refractivity contribution is 5.80. The van der Waals surface area contributed by atoms with Crippen molar-refractivity contribution in [3.8, 4) is 0 Å². The Bertz CT molecular complexity index is 1040. The van der Waals surface area contributed by atoms with Gasteiger partial charge in [0.1, 0.15) is 5.82 Å². The van der Waals surface area contributed by atoms with Crippen LogP contribution in [-0.2, 0) is 4.79 Å². The second-order valence-electron chi connectivity index (χ2n) is 10.4. The predicted octanol–water partition coefficient (Wildman–Crippen LogP) is 5.18. The fourth-order valence-electron chi connectivity index (χ4n) is 5.08. The Morgan fingerprint density at radius 2 is 1.85 bits per heavy atom. The number of nitrogens with two attached hydrogens (primary N) is 2. The van der Waals surface area contributed by atoms with E-state index in [1.165, 1.54) is 0 Å². The number of carbonyl (C=O) groups excluding carboxylic acids is 1. The quantitative estimate of drug-likeness (QED) is 0.462. The number of hydrogen-bond donors (Lipinski definition) is 3. The Hall–Kier alpha value is -2.23. The molecule has 0 saturated heterocycles. The number of hydrogen-bond acceptors (Lipinski definition) is 3. The highest BCUT2D eigenvalue weighted by atomic mass is 19.4. The van der Waals surface area contributed by atoms with Gasteiger partial charge in [0.05, 0.1) is 22.5 Å². The number of benzene rings is 1. The number of H-pyrrole nitrogens is 1. The molecule has 0 aliphatic heterocycles. The van der Waals surface area contributed by atoms with E-state index in [0.29, 0.717) is 11.0 Å². The normalized spacial score (nSPS) is 22.1. The molecule has 1 heterocycles. The van der Waals surface area contributed by atoms with Crippen molar-refractivity contribution >= 4 is 16.9 Å². The Labute approximate surface area is 188 Å². The summed E-state index contributed by atoms with van der Waals surface area (Å²) in [6, 6.07) is 4.36. The van der Waals surface area contributed by atoms with Crippen LogP contribution in [0.1, 0.15) is 69.3 Å². The molecule has 0 radical (unpaired) electrons. The summed E-state index contributed by atoms with van der Waals surface area (Å²) in [5.74, 6) is -4.33. The molecule has 2 aromatic rings. The number of fused-ring (bicyclic) bond motifs is 1. The van der Waals surface area contributed by atoms with Gasteiger partial charge in [0, 0.05) is 18.8 Å². The average Bonchev–Trinajstić information content (AvgIpc) is 3.39. The molecular weight excluding hydrogens is 443 g/mol. The van der Waals surface area contributed by atoms with Crippen LogP contribution < -0.4 is 11.5 Å². The fraction of sp³-hybridized carbons (Fsp3) is 0.652. The maximum Gasteiger partial charge on any atom is 0.394 e. The van der Waals surface area contributed by atoms with E-state index in [1.807, 2.05) is 0 Å². The number of rotatable bonds is 8. The number of primary amides is 1. The third-order valence-electron chi connectivity index (χ3n) is 7.23. The van der Waals surface area contributed by atoms with Gasteiger partial charge in [-0.3, -0.25) is 4.79 Å². The molecule has 1 aromatic carbocycles. The van der Waals surface area contributed by atoms with E-state index in [2.05, 4.69) is 9.97 Å². The van der Waals surface area contributed by atoms with Crippen molar-refractivity contribution in [3.05, 3.63) is 29.6 Å². The van der Waals surface area contributed by atoms with Crippen molar-refractivity contribution < 1.29 is 26.7 Å². The topological polar surface area (TPSA) is 97.8 Å². The summed E-state index contributed by atoms with van der Waals surface area (Å²) in [5.41, 5.74) is 11.7. The van der Waals surface area contributed by atoms with Gasteiger partial charge in [-0.05, 0) is 54.7 Å². The smallest absolute Gasteiger partial charge is 0.369 e. The van der Waals surface area contributed by atoms with Crippen LogP contribution in [0, 0.1) is 23.2 Å². The molecule has 2 aliphatic carbocycles. The SMILES string of the molecule is CC(C)(C[C@H](N)c1nc2ccc([C@H](C3CC3)C(C(N)=O)C3CC(F)(F)C3)cc2[nH]1)C(F)(F)F. The van der Waals surface area contributed by atoms with E-state index >= 15 is 0 Å². The summed E-state index contributed by atoms with van der Waals surface area (Å²) in [7, 11) is 0. The van der Waals surface area contributed by atoms with Crippen LogP contribution in [0.2, 0.25) is 0 Å². The number of halogens is 5. The van der Waals surface area contributed by atoms with Crippen molar-refractivity contribution in [1.29, 1.82) is 0 Å². The van der Waals surface area contributed by atoms with E-state index in [-0.39, 0.29) is 36.9 Å². The standard InChI is InChI=1S/C23H29F5N4O/c1-21(2,23(26,27)28)10-14(29)20-31-15-6-5-12(7-16(15)32-20)17(11-3-4-11)18(19(30)33)13-8-22(24,25)9-13/h5-7,11,13-14,17-18H,3-4,8-10,29H2,1-2H3,(H2,30,33)(H,31,32)/t14-,17-,18?/m0/s1. The van der Waals surface area contributed by atoms with Gasteiger partial charge in [-0.25, -0.2) is 13.8 Å². The molecule has 2 aliphatic rings. The van der Waals surface area contributed by atoms with Gasteiger partial charge >= 0.3 is 6.18 Å². The van der Waals surface area contributed by atoms with Gasteiger partial charge in [-0.1, -0.05) is 19.9 Å². The monoisotopic (exact) mass is 472 g/mol. The summed E-state index contributed by atoms with van der Waals surface area (Å²) >= 11 is 0. The first-order valence-electron chi connectivity index (χ1n) is 11.2. The summed E-state index contributed by atoms with van der Waals surface area (Å²) < 4.78 is 66.8. The minimum absolute atomic E-state index is 0.186. The van der Waals surface area contributed by atoms with Crippen molar-refractivity contribution in [3.63, 3.8) is 0 Å².